The molecule has 0 saturated carbocycles. The lowest BCUT2D eigenvalue weighted by atomic mass is 10.1. The summed E-state index contributed by atoms with van der Waals surface area (Å²) < 4.78 is 13.3. The molecule has 2 rings (SSSR count). The Balaban J connectivity index is 0.00000162. The molecule has 0 bridgehead atoms. The van der Waals surface area contributed by atoms with Crippen LogP contribution in [0, 0.1) is 5.82 Å². The fraction of sp³-hybridized carbons (Fsp3) is 0.308. The highest BCUT2D eigenvalue weighted by Gasteiger charge is 2.11. The van der Waals surface area contributed by atoms with Gasteiger partial charge in [0.15, 0.2) is 0 Å². The molecule has 2 N–H and O–H groups in total. The van der Waals surface area contributed by atoms with Crippen LogP contribution >= 0.6 is 12.4 Å². The van der Waals surface area contributed by atoms with Crippen LogP contribution in [0.4, 0.5) is 4.39 Å². The number of hydrogen-bond acceptors (Lipinski definition) is 2. The van der Waals surface area contributed by atoms with Gasteiger partial charge < -0.3 is 10.6 Å². The summed E-state index contributed by atoms with van der Waals surface area (Å²) >= 11 is 0. The SMILES string of the molecule is Cl.O=C(NCC1=CCNCC1)c1ccccc1F. The summed E-state index contributed by atoms with van der Waals surface area (Å²) in [6.45, 7) is 2.27. The van der Waals surface area contributed by atoms with E-state index >= 15 is 0 Å². The number of nitrogens with one attached hydrogen (secondary N) is 2. The molecule has 1 aromatic rings. The highest BCUT2D eigenvalue weighted by Crippen LogP contribution is 2.07. The molecule has 5 heteroatoms. The zero-order valence-corrected chi connectivity index (χ0v) is 10.7. The summed E-state index contributed by atoms with van der Waals surface area (Å²) in [5, 5.41) is 5.93. The van der Waals surface area contributed by atoms with Gasteiger partial charge in [-0.15, -0.1) is 12.4 Å². The lowest BCUT2D eigenvalue weighted by Gasteiger charge is -2.14. The Morgan fingerprint density at radius 2 is 2.17 bits per heavy atom. The first kappa shape index (κ1) is 14.7. The number of halogens is 2. The van der Waals surface area contributed by atoms with Gasteiger partial charge in [-0.3, -0.25) is 4.79 Å². The Morgan fingerprint density at radius 3 is 2.83 bits per heavy atom. The van der Waals surface area contributed by atoms with E-state index in [0.717, 1.165) is 19.5 Å². The Hall–Kier alpha value is -1.39. The molecule has 0 aromatic heterocycles. The van der Waals surface area contributed by atoms with Crippen LogP contribution in [0.15, 0.2) is 35.9 Å². The van der Waals surface area contributed by atoms with Crippen LogP contribution in [0.25, 0.3) is 0 Å². The Labute approximate surface area is 112 Å². The molecule has 0 radical (unpaired) electrons. The van der Waals surface area contributed by atoms with Crippen molar-refractivity contribution in [3.8, 4) is 0 Å². The number of benzene rings is 1. The third-order valence-corrected chi connectivity index (χ3v) is 2.75. The summed E-state index contributed by atoms with van der Waals surface area (Å²) in [4.78, 5) is 11.7. The minimum absolute atomic E-state index is 0. The van der Waals surface area contributed by atoms with Gasteiger partial charge in [0.2, 0.25) is 0 Å². The summed E-state index contributed by atoms with van der Waals surface area (Å²) in [5.74, 6) is -0.841. The number of rotatable bonds is 3. The van der Waals surface area contributed by atoms with E-state index in [0.29, 0.717) is 6.54 Å². The first-order valence-corrected chi connectivity index (χ1v) is 5.69. The normalized spacial score (nSPS) is 14.4. The van der Waals surface area contributed by atoms with Gasteiger partial charge in [-0.05, 0) is 25.1 Å². The average Bonchev–Trinajstić information content (AvgIpc) is 2.38. The number of carbonyl (C=O) groups is 1. The monoisotopic (exact) mass is 270 g/mol. The van der Waals surface area contributed by atoms with Crippen molar-refractivity contribution in [2.24, 2.45) is 0 Å². The Kier molecular flexibility index (Phi) is 5.82. The second-order valence-electron chi connectivity index (χ2n) is 3.98. The van der Waals surface area contributed by atoms with Crippen molar-refractivity contribution in [1.82, 2.24) is 10.6 Å². The molecule has 1 heterocycles. The topological polar surface area (TPSA) is 41.1 Å². The maximum atomic E-state index is 13.3. The van der Waals surface area contributed by atoms with Gasteiger partial charge in [0.1, 0.15) is 5.82 Å². The molecular weight excluding hydrogens is 255 g/mol. The minimum atomic E-state index is -0.482. The second kappa shape index (κ2) is 7.13. The van der Waals surface area contributed by atoms with Crippen molar-refractivity contribution in [2.75, 3.05) is 19.6 Å². The molecule has 0 spiro atoms. The van der Waals surface area contributed by atoms with E-state index in [4.69, 9.17) is 0 Å². The molecule has 98 valence electrons. The van der Waals surface area contributed by atoms with Crippen LogP contribution in [0.3, 0.4) is 0 Å². The van der Waals surface area contributed by atoms with Gasteiger partial charge in [-0.2, -0.15) is 0 Å². The fourth-order valence-electron chi connectivity index (χ4n) is 1.76. The second-order valence-corrected chi connectivity index (χ2v) is 3.98. The first-order valence-electron chi connectivity index (χ1n) is 5.69. The molecule has 0 saturated heterocycles. The molecular formula is C13H16ClFN2O. The van der Waals surface area contributed by atoms with Crippen molar-refractivity contribution in [3.05, 3.63) is 47.3 Å². The van der Waals surface area contributed by atoms with Gasteiger partial charge in [0, 0.05) is 13.1 Å². The Bertz CT molecular complexity index is 448. The van der Waals surface area contributed by atoms with E-state index < -0.39 is 5.82 Å². The van der Waals surface area contributed by atoms with Crippen LogP contribution in [-0.4, -0.2) is 25.5 Å². The molecule has 1 aliphatic heterocycles. The van der Waals surface area contributed by atoms with Crippen LogP contribution < -0.4 is 10.6 Å². The molecule has 3 nitrogen and oxygen atoms in total. The molecule has 1 aromatic carbocycles. The predicted molar refractivity (Wildman–Crippen MR) is 71.6 cm³/mol. The van der Waals surface area contributed by atoms with Crippen LogP contribution in [0.1, 0.15) is 16.8 Å². The van der Waals surface area contributed by atoms with Crippen molar-refractivity contribution in [3.63, 3.8) is 0 Å². The maximum Gasteiger partial charge on any atom is 0.254 e. The third-order valence-electron chi connectivity index (χ3n) is 2.75. The number of hydrogen-bond donors (Lipinski definition) is 2. The van der Waals surface area contributed by atoms with Crippen LogP contribution in [0.5, 0.6) is 0 Å². The predicted octanol–water partition coefficient (Wildman–Crippen LogP) is 1.90. The van der Waals surface area contributed by atoms with E-state index in [1.54, 1.807) is 12.1 Å². The quantitative estimate of drug-likeness (QED) is 0.824. The smallest absolute Gasteiger partial charge is 0.254 e. The standard InChI is InChI=1S/C13H15FN2O.ClH/c14-12-4-2-1-3-11(12)13(17)16-9-10-5-7-15-8-6-10;/h1-5,15H,6-9H2,(H,16,17);1H. The lowest BCUT2D eigenvalue weighted by molar-refractivity contribution is 0.0952. The van der Waals surface area contributed by atoms with Gasteiger partial charge in [0.25, 0.3) is 5.91 Å². The van der Waals surface area contributed by atoms with Crippen LogP contribution in [-0.2, 0) is 0 Å². The van der Waals surface area contributed by atoms with Crippen molar-refractivity contribution in [2.45, 2.75) is 6.42 Å². The highest BCUT2D eigenvalue weighted by atomic mass is 35.5. The molecule has 0 aliphatic carbocycles. The molecule has 0 atom stereocenters. The highest BCUT2D eigenvalue weighted by molar-refractivity contribution is 5.94. The van der Waals surface area contributed by atoms with E-state index in [2.05, 4.69) is 16.7 Å². The molecule has 18 heavy (non-hydrogen) atoms. The van der Waals surface area contributed by atoms with Gasteiger partial charge in [-0.1, -0.05) is 23.8 Å². The van der Waals surface area contributed by atoms with E-state index in [1.165, 1.54) is 17.7 Å². The van der Waals surface area contributed by atoms with E-state index in [9.17, 15) is 9.18 Å². The Morgan fingerprint density at radius 1 is 1.39 bits per heavy atom. The van der Waals surface area contributed by atoms with Gasteiger partial charge >= 0.3 is 0 Å². The van der Waals surface area contributed by atoms with Crippen molar-refractivity contribution >= 4 is 18.3 Å². The third kappa shape index (κ3) is 3.82. The minimum Gasteiger partial charge on any atom is -0.348 e. The van der Waals surface area contributed by atoms with Crippen LogP contribution in [0.2, 0.25) is 0 Å². The zero-order chi connectivity index (χ0) is 12.1. The lowest BCUT2D eigenvalue weighted by Crippen LogP contribution is -2.30. The van der Waals surface area contributed by atoms with E-state index in [-0.39, 0.29) is 23.9 Å². The van der Waals surface area contributed by atoms with Gasteiger partial charge in [-0.25, -0.2) is 4.39 Å². The summed E-state index contributed by atoms with van der Waals surface area (Å²) in [5.41, 5.74) is 1.29. The summed E-state index contributed by atoms with van der Waals surface area (Å²) in [7, 11) is 0. The number of amides is 1. The molecule has 0 unspecified atom stereocenters. The number of carbonyl (C=O) groups excluding carboxylic acids is 1. The summed E-state index contributed by atoms with van der Waals surface area (Å²) in [6.07, 6.45) is 2.99. The fourth-order valence-corrected chi connectivity index (χ4v) is 1.76. The van der Waals surface area contributed by atoms with Crippen molar-refractivity contribution in [1.29, 1.82) is 0 Å². The first-order chi connectivity index (χ1) is 8.27. The average molecular weight is 271 g/mol. The molecule has 1 aliphatic rings. The largest absolute Gasteiger partial charge is 0.348 e. The molecule has 0 fully saturated rings. The zero-order valence-electron chi connectivity index (χ0n) is 9.91. The van der Waals surface area contributed by atoms with Gasteiger partial charge in [0.05, 0.1) is 5.56 Å². The molecule has 1 amide bonds. The maximum absolute atomic E-state index is 13.3. The summed E-state index contributed by atoms with van der Waals surface area (Å²) in [6, 6.07) is 6.00. The van der Waals surface area contributed by atoms with Crippen molar-refractivity contribution < 1.29 is 9.18 Å². The van der Waals surface area contributed by atoms with E-state index in [1.807, 2.05) is 0 Å².